The fourth-order valence-electron chi connectivity index (χ4n) is 4.03. The SMILES string of the molecule is Clc1cc(OCc2ccccn2)c(Cl)cc1Nc1ncnc2[nH]cc(C3CCNCC3)c12. The molecule has 0 spiro atoms. The number of H-pyrrole nitrogens is 1. The third-order valence-corrected chi connectivity index (χ3v) is 6.26. The van der Waals surface area contributed by atoms with Crippen molar-refractivity contribution in [2.75, 3.05) is 18.4 Å². The molecule has 0 unspecified atom stereocenters. The second-order valence-corrected chi connectivity index (χ2v) is 8.53. The van der Waals surface area contributed by atoms with E-state index in [0.717, 1.165) is 42.7 Å². The Morgan fingerprint density at radius 2 is 1.94 bits per heavy atom. The summed E-state index contributed by atoms with van der Waals surface area (Å²) < 4.78 is 5.82. The number of fused-ring (bicyclic) bond motifs is 1. The molecule has 3 N–H and O–H groups in total. The molecule has 7 nitrogen and oxygen atoms in total. The van der Waals surface area contributed by atoms with Crippen LogP contribution in [0.25, 0.3) is 11.0 Å². The molecule has 1 saturated heterocycles. The number of benzene rings is 1. The monoisotopic (exact) mass is 468 g/mol. The number of hydrogen-bond acceptors (Lipinski definition) is 6. The van der Waals surface area contributed by atoms with Crippen LogP contribution in [0.15, 0.2) is 49.1 Å². The van der Waals surface area contributed by atoms with Crippen molar-refractivity contribution in [3.05, 3.63) is 70.4 Å². The lowest BCUT2D eigenvalue weighted by molar-refractivity contribution is 0.301. The standard InChI is InChI=1S/C23H22Cl2N6O/c24-17-10-20(32-12-15-3-1-2-6-27-15)18(25)9-19(17)31-23-21-16(14-4-7-26-8-5-14)11-28-22(21)29-13-30-23/h1-3,6,9-11,13-14,26H,4-5,7-8,12H2,(H2,28,29,30,31). The summed E-state index contributed by atoms with van der Waals surface area (Å²) in [6.45, 7) is 2.32. The fraction of sp³-hybridized carbons (Fsp3) is 0.261. The van der Waals surface area contributed by atoms with Crippen molar-refractivity contribution in [2.45, 2.75) is 25.4 Å². The number of nitrogens with zero attached hydrogens (tertiary/aromatic N) is 3. The average Bonchev–Trinajstić information content (AvgIpc) is 3.27. The van der Waals surface area contributed by atoms with Gasteiger partial charge in [-0.3, -0.25) is 4.98 Å². The van der Waals surface area contributed by atoms with Crippen molar-refractivity contribution < 1.29 is 4.74 Å². The highest BCUT2D eigenvalue weighted by atomic mass is 35.5. The van der Waals surface area contributed by atoms with E-state index in [1.807, 2.05) is 24.4 Å². The maximum absolute atomic E-state index is 6.57. The summed E-state index contributed by atoms with van der Waals surface area (Å²) in [6.07, 6.45) is 7.46. The summed E-state index contributed by atoms with van der Waals surface area (Å²) in [5, 5.41) is 8.69. The highest BCUT2D eigenvalue weighted by Gasteiger charge is 2.22. The van der Waals surface area contributed by atoms with Crippen molar-refractivity contribution in [3.8, 4) is 5.75 Å². The molecule has 0 aliphatic carbocycles. The number of rotatable bonds is 6. The summed E-state index contributed by atoms with van der Waals surface area (Å²) >= 11 is 13.1. The molecular weight excluding hydrogens is 447 g/mol. The first-order chi connectivity index (χ1) is 15.7. The lowest BCUT2D eigenvalue weighted by Gasteiger charge is -2.22. The molecule has 1 aliphatic heterocycles. The highest BCUT2D eigenvalue weighted by Crippen LogP contribution is 2.39. The van der Waals surface area contributed by atoms with E-state index in [9.17, 15) is 0 Å². The van der Waals surface area contributed by atoms with E-state index in [1.165, 1.54) is 11.9 Å². The molecule has 4 heterocycles. The van der Waals surface area contributed by atoms with Crippen molar-refractivity contribution in [1.29, 1.82) is 0 Å². The van der Waals surface area contributed by atoms with Gasteiger partial charge in [0.15, 0.2) is 0 Å². The molecule has 0 atom stereocenters. The Balaban J connectivity index is 1.41. The Bertz CT molecular complexity index is 1220. The number of aromatic nitrogens is 4. The van der Waals surface area contributed by atoms with Crippen LogP contribution < -0.4 is 15.4 Å². The van der Waals surface area contributed by atoms with E-state index in [1.54, 1.807) is 18.3 Å². The molecule has 9 heteroatoms. The van der Waals surface area contributed by atoms with Gasteiger partial charge in [-0.2, -0.15) is 0 Å². The molecule has 32 heavy (non-hydrogen) atoms. The molecule has 1 aromatic carbocycles. The van der Waals surface area contributed by atoms with Crippen LogP contribution in [0, 0.1) is 0 Å². The van der Waals surface area contributed by atoms with Gasteiger partial charge in [0.2, 0.25) is 0 Å². The Morgan fingerprint density at radius 1 is 1.06 bits per heavy atom. The van der Waals surface area contributed by atoms with Crippen LogP contribution >= 0.6 is 23.2 Å². The third kappa shape index (κ3) is 4.37. The molecule has 1 fully saturated rings. The Labute approximate surface area is 195 Å². The molecule has 1 aliphatic rings. The zero-order valence-corrected chi connectivity index (χ0v) is 18.7. The number of halogens is 2. The molecule has 0 amide bonds. The van der Waals surface area contributed by atoms with Gasteiger partial charge in [-0.05, 0) is 55.6 Å². The normalized spacial score (nSPS) is 14.6. The summed E-state index contributed by atoms with van der Waals surface area (Å²) in [5.74, 6) is 1.65. The zero-order chi connectivity index (χ0) is 21.9. The summed E-state index contributed by atoms with van der Waals surface area (Å²) in [5.41, 5.74) is 3.48. The molecule has 3 aromatic heterocycles. The van der Waals surface area contributed by atoms with Crippen molar-refractivity contribution in [3.63, 3.8) is 0 Å². The third-order valence-electron chi connectivity index (χ3n) is 5.66. The minimum atomic E-state index is 0.305. The van der Waals surface area contributed by atoms with Crippen LogP contribution in [0.4, 0.5) is 11.5 Å². The predicted molar refractivity (Wildman–Crippen MR) is 127 cm³/mol. The second kappa shape index (κ2) is 9.32. The largest absolute Gasteiger partial charge is 0.486 e. The zero-order valence-electron chi connectivity index (χ0n) is 17.2. The van der Waals surface area contributed by atoms with Gasteiger partial charge in [0.05, 0.1) is 26.8 Å². The van der Waals surface area contributed by atoms with Gasteiger partial charge in [-0.25, -0.2) is 9.97 Å². The number of aromatic amines is 1. The summed E-state index contributed by atoms with van der Waals surface area (Å²) in [4.78, 5) is 16.4. The molecule has 0 radical (unpaired) electrons. The van der Waals surface area contributed by atoms with Gasteiger partial charge < -0.3 is 20.4 Å². The molecular formula is C23H22Cl2N6O. The van der Waals surface area contributed by atoms with Crippen LogP contribution in [0.2, 0.25) is 10.0 Å². The first-order valence-corrected chi connectivity index (χ1v) is 11.3. The number of ether oxygens (including phenoxy) is 1. The van der Waals surface area contributed by atoms with E-state index in [4.69, 9.17) is 27.9 Å². The average molecular weight is 469 g/mol. The summed E-state index contributed by atoms with van der Waals surface area (Å²) in [6, 6.07) is 9.12. The number of piperidine rings is 1. The first kappa shape index (κ1) is 21.0. The van der Waals surface area contributed by atoms with Crippen LogP contribution in [0.5, 0.6) is 5.75 Å². The van der Waals surface area contributed by atoms with Crippen molar-refractivity contribution in [1.82, 2.24) is 25.3 Å². The lowest BCUT2D eigenvalue weighted by atomic mass is 9.90. The van der Waals surface area contributed by atoms with Gasteiger partial charge in [-0.1, -0.05) is 29.3 Å². The van der Waals surface area contributed by atoms with Gasteiger partial charge in [0.1, 0.15) is 30.1 Å². The topological polar surface area (TPSA) is 87.8 Å². The minimum Gasteiger partial charge on any atom is -0.486 e. The Hall–Kier alpha value is -2.87. The summed E-state index contributed by atoms with van der Waals surface area (Å²) in [7, 11) is 0. The first-order valence-electron chi connectivity index (χ1n) is 10.5. The molecule has 0 saturated carbocycles. The smallest absolute Gasteiger partial charge is 0.143 e. The van der Waals surface area contributed by atoms with Gasteiger partial charge in [0.25, 0.3) is 0 Å². The second-order valence-electron chi connectivity index (χ2n) is 7.71. The Kier molecular flexibility index (Phi) is 6.12. The lowest BCUT2D eigenvalue weighted by Crippen LogP contribution is -2.26. The van der Waals surface area contributed by atoms with E-state index in [2.05, 4.69) is 30.6 Å². The van der Waals surface area contributed by atoms with Crippen LogP contribution in [-0.2, 0) is 6.61 Å². The number of nitrogens with one attached hydrogen (secondary N) is 3. The maximum atomic E-state index is 6.57. The van der Waals surface area contributed by atoms with E-state index < -0.39 is 0 Å². The van der Waals surface area contributed by atoms with Gasteiger partial charge >= 0.3 is 0 Å². The van der Waals surface area contributed by atoms with Crippen LogP contribution in [0.1, 0.15) is 30.0 Å². The van der Waals surface area contributed by atoms with Crippen molar-refractivity contribution in [2.24, 2.45) is 0 Å². The van der Waals surface area contributed by atoms with E-state index >= 15 is 0 Å². The van der Waals surface area contributed by atoms with Crippen molar-refractivity contribution >= 4 is 45.7 Å². The van der Waals surface area contributed by atoms with Gasteiger partial charge in [0, 0.05) is 18.5 Å². The van der Waals surface area contributed by atoms with E-state index in [0.29, 0.717) is 39.8 Å². The van der Waals surface area contributed by atoms with Crippen LogP contribution in [-0.4, -0.2) is 33.0 Å². The Morgan fingerprint density at radius 3 is 2.75 bits per heavy atom. The number of pyridine rings is 1. The number of hydrogen-bond donors (Lipinski definition) is 3. The van der Waals surface area contributed by atoms with Crippen LogP contribution in [0.3, 0.4) is 0 Å². The highest BCUT2D eigenvalue weighted by molar-refractivity contribution is 6.36. The quantitative estimate of drug-likeness (QED) is 0.348. The molecule has 4 aromatic rings. The molecule has 5 rings (SSSR count). The minimum absolute atomic E-state index is 0.305. The fourth-order valence-corrected chi connectivity index (χ4v) is 4.45. The predicted octanol–water partition coefficient (Wildman–Crippen LogP) is 5.45. The molecule has 0 bridgehead atoms. The molecule has 164 valence electrons. The van der Waals surface area contributed by atoms with Gasteiger partial charge in [-0.15, -0.1) is 0 Å². The maximum Gasteiger partial charge on any atom is 0.143 e. The number of anilines is 2. The van der Waals surface area contributed by atoms with E-state index in [-0.39, 0.29) is 0 Å².